The van der Waals surface area contributed by atoms with Gasteiger partial charge in [-0.25, -0.2) is 0 Å². The number of aromatic nitrogens is 1. The van der Waals surface area contributed by atoms with Gasteiger partial charge in [-0.15, -0.1) is 0 Å². The van der Waals surface area contributed by atoms with Crippen molar-refractivity contribution in [1.29, 1.82) is 0 Å². The molecule has 1 aromatic heterocycles. The van der Waals surface area contributed by atoms with Crippen molar-refractivity contribution in [2.24, 2.45) is 0 Å². The fourth-order valence-electron chi connectivity index (χ4n) is 1.85. The molecule has 2 rings (SSSR count). The zero-order valence-electron chi connectivity index (χ0n) is 11.3. The summed E-state index contributed by atoms with van der Waals surface area (Å²) >= 11 is 11.8. The summed E-state index contributed by atoms with van der Waals surface area (Å²) < 4.78 is 4.78. The molecule has 5 nitrogen and oxygen atoms in total. The van der Waals surface area contributed by atoms with Crippen molar-refractivity contribution < 1.29 is 14.4 Å². The number of carbonyl (C=O) groups is 1. The highest BCUT2D eigenvalue weighted by Gasteiger charge is 2.16. The topological polar surface area (TPSA) is 75.4 Å². The maximum absolute atomic E-state index is 11.9. The van der Waals surface area contributed by atoms with Crippen LogP contribution in [-0.2, 0) is 11.2 Å². The molecule has 1 aromatic carbocycles. The summed E-state index contributed by atoms with van der Waals surface area (Å²) in [6.45, 7) is 1.76. The van der Waals surface area contributed by atoms with Crippen molar-refractivity contribution in [3.05, 3.63) is 51.3 Å². The van der Waals surface area contributed by atoms with E-state index in [4.69, 9.17) is 27.7 Å². The molecule has 0 radical (unpaired) electrons. The smallest absolute Gasteiger partial charge is 0.229 e. The van der Waals surface area contributed by atoms with Crippen LogP contribution in [-0.4, -0.2) is 22.7 Å². The van der Waals surface area contributed by atoms with Crippen LogP contribution in [0.2, 0.25) is 10.2 Å². The number of rotatable bonds is 5. The second-order valence-corrected chi connectivity index (χ2v) is 5.29. The lowest BCUT2D eigenvalue weighted by Crippen LogP contribution is -2.29. The first-order chi connectivity index (χ1) is 9.99. The lowest BCUT2D eigenvalue weighted by molar-refractivity contribution is -0.120. The highest BCUT2D eigenvalue weighted by Crippen LogP contribution is 2.22. The average molecular weight is 329 g/mol. The number of halogens is 2. The molecule has 0 spiro atoms. The number of aliphatic hydroxyl groups excluding tert-OH is 1. The first-order valence-electron chi connectivity index (χ1n) is 6.29. The predicted molar refractivity (Wildman–Crippen MR) is 79.4 cm³/mol. The normalized spacial score (nSPS) is 12.2. The minimum absolute atomic E-state index is 0.0450. The highest BCUT2D eigenvalue weighted by atomic mass is 35.5. The number of hydrogen-bond donors (Lipinski definition) is 2. The number of nitrogens with zero attached hydrogens (tertiary/aromatic N) is 1. The van der Waals surface area contributed by atoms with Crippen molar-refractivity contribution in [2.75, 3.05) is 6.54 Å². The highest BCUT2D eigenvalue weighted by molar-refractivity contribution is 6.31. The van der Waals surface area contributed by atoms with Crippen LogP contribution in [0.15, 0.2) is 28.8 Å². The number of benzene rings is 1. The van der Waals surface area contributed by atoms with Gasteiger partial charge in [-0.2, -0.15) is 0 Å². The van der Waals surface area contributed by atoms with E-state index in [2.05, 4.69) is 10.5 Å². The van der Waals surface area contributed by atoms with Crippen molar-refractivity contribution >= 4 is 29.1 Å². The molecule has 112 valence electrons. The molecular weight excluding hydrogens is 315 g/mol. The van der Waals surface area contributed by atoms with Gasteiger partial charge in [0, 0.05) is 22.7 Å². The molecule has 0 bridgehead atoms. The molecule has 21 heavy (non-hydrogen) atoms. The standard InChI is InChI=1S/C14H14Cl2N2O3/c1-8-10(14(16)21-18-8)6-13(20)17-7-12(19)9-4-2-3-5-11(9)15/h2-5,12,19H,6-7H2,1H3,(H,17,20). The zero-order valence-corrected chi connectivity index (χ0v) is 12.8. The lowest BCUT2D eigenvalue weighted by Gasteiger charge is -2.13. The van der Waals surface area contributed by atoms with Crippen LogP contribution in [0.1, 0.15) is 22.9 Å². The van der Waals surface area contributed by atoms with Gasteiger partial charge in [0.15, 0.2) is 0 Å². The van der Waals surface area contributed by atoms with Gasteiger partial charge in [0.25, 0.3) is 0 Å². The first kappa shape index (κ1) is 15.8. The minimum atomic E-state index is -0.873. The predicted octanol–water partition coefficient (Wildman–Crippen LogP) is 2.68. The molecule has 2 N–H and O–H groups in total. The fourth-order valence-corrected chi connectivity index (χ4v) is 2.35. The van der Waals surface area contributed by atoms with E-state index in [9.17, 15) is 9.90 Å². The molecule has 0 saturated carbocycles. The Hall–Kier alpha value is -1.56. The summed E-state index contributed by atoms with van der Waals surface area (Å²) in [5.74, 6) is -0.283. The Bertz CT molecular complexity index is 623. The third kappa shape index (κ3) is 3.97. The molecule has 1 atom stereocenters. The van der Waals surface area contributed by atoms with Crippen molar-refractivity contribution in [2.45, 2.75) is 19.4 Å². The summed E-state index contributed by atoms with van der Waals surface area (Å²) in [6.07, 6.45) is -0.828. The number of carbonyl (C=O) groups excluding carboxylic acids is 1. The van der Waals surface area contributed by atoms with Crippen LogP contribution in [0.5, 0.6) is 0 Å². The maximum Gasteiger partial charge on any atom is 0.229 e. The van der Waals surface area contributed by atoms with Gasteiger partial charge in [-0.1, -0.05) is 35.0 Å². The quantitative estimate of drug-likeness (QED) is 0.884. The van der Waals surface area contributed by atoms with E-state index in [1.54, 1.807) is 31.2 Å². The Morgan fingerprint density at radius 1 is 1.43 bits per heavy atom. The number of hydrogen-bond acceptors (Lipinski definition) is 4. The monoisotopic (exact) mass is 328 g/mol. The molecule has 0 aliphatic heterocycles. The molecule has 2 aromatic rings. The van der Waals surface area contributed by atoms with Crippen molar-refractivity contribution in [3.8, 4) is 0 Å². The molecule has 0 aliphatic carbocycles. The summed E-state index contributed by atoms with van der Waals surface area (Å²) in [5.41, 5.74) is 1.68. The van der Waals surface area contributed by atoms with Crippen molar-refractivity contribution in [3.63, 3.8) is 0 Å². The Balaban J connectivity index is 1.91. The summed E-state index contributed by atoms with van der Waals surface area (Å²) in [7, 11) is 0. The Morgan fingerprint density at radius 3 is 2.76 bits per heavy atom. The largest absolute Gasteiger partial charge is 0.387 e. The van der Waals surface area contributed by atoms with Gasteiger partial charge >= 0.3 is 0 Å². The summed E-state index contributed by atoms with van der Waals surface area (Å²) in [5, 5.41) is 16.9. The fraction of sp³-hybridized carbons (Fsp3) is 0.286. The number of nitrogens with one attached hydrogen (secondary N) is 1. The van der Waals surface area contributed by atoms with E-state index in [1.807, 2.05) is 0 Å². The average Bonchev–Trinajstić information content (AvgIpc) is 2.77. The molecule has 0 aliphatic rings. The molecule has 7 heteroatoms. The van der Waals surface area contributed by atoms with Gasteiger partial charge in [-0.05, 0) is 24.6 Å². The van der Waals surface area contributed by atoms with E-state index in [0.29, 0.717) is 21.8 Å². The van der Waals surface area contributed by atoms with Gasteiger partial charge in [0.2, 0.25) is 11.1 Å². The van der Waals surface area contributed by atoms with Crippen LogP contribution in [0, 0.1) is 6.92 Å². The van der Waals surface area contributed by atoms with Gasteiger partial charge in [0.1, 0.15) is 0 Å². The molecule has 0 saturated heterocycles. The number of aliphatic hydroxyl groups is 1. The maximum atomic E-state index is 11.9. The molecule has 1 unspecified atom stereocenters. The van der Waals surface area contributed by atoms with E-state index in [-0.39, 0.29) is 24.1 Å². The Labute approximate surface area is 131 Å². The van der Waals surface area contributed by atoms with Gasteiger partial charge < -0.3 is 14.9 Å². The van der Waals surface area contributed by atoms with Crippen LogP contribution in [0.4, 0.5) is 0 Å². The third-order valence-electron chi connectivity index (χ3n) is 3.03. The molecule has 1 heterocycles. The second kappa shape index (κ2) is 6.93. The zero-order chi connectivity index (χ0) is 15.4. The van der Waals surface area contributed by atoms with Crippen LogP contribution in [0.25, 0.3) is 0 Å². The molecule has 0 fully saturated rings. The first-order valence-corrected chi connectivity index (χ1v) is 7.04. The molecule has 1 amide bonds. The second-order valence-electron chi connectivity index (χ2n) is 4.54. The van der Waals surface area contributed by atoms with Crippen molar-refractivity contribution in [1.82, 2.24) is 10.5 Å². The van der Waals surface area contributed by atoms with E-state index in [1.165, 1.54) is 0 Å². The summed E-state index contributed by atoms with van der Waals surface area (Å²) in [4.78, 5) is 11.9. The van der Waals surface area contributed by atoms with Crippen LogP contribution < -0.4 is 5.32 Å². The van der Waals surface area contributed by atoms with Gasteiger partial charge in [-0.3, -0.25) is 4.79 Å². The Morgan fingerprint density at radius 2 is 2.14 bits per heavy atom. The summed E-state index contributed by atoms with van der Waals surface area (Å²) in [6, 6.07) is 6.93. The van der Waals surface area contributed by atoms with Gasteiger partial charge in [0.05, 0.1) is 18.2 Å². The lowest BCUT2D eigenvalue weighted by atomic mass is 10.1. The SMILES string of the molecule is Cc1noc(Cl)c1CC(=O)NCC(O)c1ccccc1Cl. The minimum Gasteiger partial charge on any atom is -0.387 e. The number of amides is 1. The Kier molecular flexibility index (Phi) is 5.22. The van der Waals surface area contributed by atoms with E-state index >= 15 is 0 Å². The molecular formula is C14H14Cl2N2O3. The van der Waals surface area contributed by atoms with Crippen LogP contribution >= 0.6 is 23.2 Å². The van der Waals surface area contributed by atoms with E-state index in [0.717, 1.165) is 0 Å². The van der Waals surface area contributed by atoms with E-state index < -0.39 is 6.10 Å². The third-order valence-corrected chi connectivity index (χ3v) is 3.67. The van der Waals surface area contributed by atoms with Crippen LogP contribution in [0.3, 0.4) is 0 Å². The number of aryl methyl sites for hydroxylation is 1.